The third kappa shape index (κ3) is 4.03. The minimum absolute atomic E-state index is 0.0161. The van der Waals surface area contributed by atoms with Gasteiger partial charge in [-0.2, -0.15) is 0 Å². The van der Waals surface area contributed by atoms with Crippen LogP contribution in [0.15, 0.2) is 41.8 Å². The minimum atomic E-state index is -3.62. The van der Waals surface area contributed by atoms with E-state index in [9.17, 15) is 13.2 Å². The molecule has 0 aromatic heterocycles. The zero-order valence-electron chi connectivity index (χ0n) is 9.55. The maximum Gasteiger partial charge on any atom is 0.321 e. The van der Waals surface area contributed by atoms with Gasteiger partial charge in [-0.05, 0) is 19.1 Å². The lowest BCUT2D eigenvalue weighted by atomic mass is 10.2. The van der Waals surface area contributed by atoms with Crippen molar-refractivity contribution in [1.29, 1.82) is 0 Å². The summed E-state index contributed by atoms with van der Waals surface area (Å²) in [6.45, 7) is 5.24. The molecular formula is C12H14O4S. The van der Waals surface area contributed by atoms with Crippen molar-refractivity contribution in [2.45, 2.75) is 11.8 Å². The summed E-state index contributed by atoms with van der Waals surface area (Å²) < 4.78 is 28.2. The van der Waals surface area contributed by atoms with Crippen LogP contribution in [0.1, 0.15) is 5.56 Å². The first-order valence-corrected chi connectivity index (χ1v) is 6.67. The van der Waals surface area contributed by atoms with Crippen LogP contribution < -0.4 is 0 Å². The van der Waals surface area contributed by atoms with Gasteiger partial charge in [-0.3, -0.25) is 4.79 Å². The van der Waals surface area contributed by atoms with E-state index in [-0.39, 0.29) is 11.5 Å². The van der Waals surface area contributed by atoms with E-state index in [1.807, 2.05) is 6.92 Å². The van der Waals surface area contributed by atoms with Gasteiger partial charge in [0.05, 0.1) is 4.90 Å². The molecule has 4 nitrogen and oxygen atoms in total. The Morgan fingerprint density at radius 2 is 1.94 bits per heavy atom. The van der Waals surface area contributed by atoms with Gasteiger partial charge in [0.1, 0.15) is 6.61 Å². The lowest BCUT2D eigenvalue weighted by Crippen LogP contribution is -2.18. The van der Waals surface area contributed by atoms with Gasteiger partial charge in [0.15, 0.2) is 15.6 Å². The average Bonchev–Trinajstić information content (AvgIpc) is 2.26. The molecule has 17 heavy (non-hydrogen) atoms. The molecule has 1 aromatic carbocycles. The van der Waals surface area contributed by atoms with Crippen molar-refractivity contribution in [2.24, 2.45) is 0 Å². The van der Waals surface area contributed by atoms with E-state index in [2.05, 4.69) is 11.3 Å². The van der Waals surface area contributed by atoms with Crippen LogP contribution in [0.3, 0.4) is 0 Å². The maximum absolute atomic E-state index is 11.8. The van der Waals surface area contributed by atoms with Crippen molar-refractivity contribution in [3.8, 4) is 0 Å². The zero-order chi connectivity index (χ0) is 12.9. The molecule has 0 radical (unpaired) electrons. The number of esters is 1. The molecule has 0 aliphatic carbocycles. The maximum atomic E-state index is 11.8. The van der Waals surface area contributed by atoms with Crippen molar-refractivity contribution >= 4 is 15.8 Å². The van der Waals surface area contributed by atoms with Crippen LogP contribution in [0.5, 0.6) is 0 Å². The van der Waals surface area contributed by atoms with Crippen molar-refractivity contribution in [3.05, 3.63) is 42.5 Å². The highest BCUT2D eigenvalue weighted by molar-refractivity contribution is 7.92. The number of aryl methyl sites for hydroxylation is 1. The summed E-state index contributed by atoms with van der Waals surface area (Å²) in [7, 11) is -3.62. The fourth-order valence-electron chi connectivity index (χ4n) is 1.18. The van der Waals surface area contributed by atoms with Gasteiger partial charge < -0.3 is 4.74 Å². The van der Waals surface area contributed by atoms with E-state index < -0.39 is 21.6 Å². The molecule has 1 rings (SSSR count). The molecule has 1 aromatic rings. The second-order valence-electron chi connectivity index (χ2n) is 3.54. The third-order valence-electron chi connectivity index (χ3n) is 2.05. The number of hydrogen-bond acceptors (Lipinski definition) is 4. The molecule has 0 spiro atoms. The van der Waals surface area contributed by atoms with E-state index in [0.717, 1.165) is 5.56 Å². The summed E-state index contributed by atoms with van der Waals surface area (Å²) in [5, 5.41) is 0. The normalized spacial score (nSPS) is 10.9. The molecule has 0 saturated carbocycles. The number of ether oxygens (including phenoxy) is 1. The number of benzene rings is 1. The molecular weight excluding hydrogens is 240 g/mol. The Bertz CT molecular complexity index is 500. The molecule has 0 saturated heterocycles. The number of carbonyl (C=O) groups excluding carboxylic acids is 1. The fraction of sp³-hybridized carbons (Fsp3) is 0.250. The highest BCUT2D eigenvalue weighted by Crippen LogP contribution is 2.12. The first kappa shape index (κ1) is 13.4. The number of hydrogen-bond donors (Lipinski definition) is 0. The van der Waals surface area contributed by atoms with Crippen LogP contribution in [0.25, 0.3) is 0 Å². The van der Waals surface area contributed by atoms with E-state index in [4.69, 9.17) is 0 Å². The van der Waals surface area contributed by atoms with E-state index >= 15 is 0 Å². The van der Waals surface area contributed by atoms with Crippen LogP contribution in [0, 0.1) is 6.92 Å². The fourth-order valence-corrected chi connectivity index (χ4v) is 2.29. The van der Waals surface area contributed by atoms with Crippen LogP contribution in [0.2, 0.25) is 0 Å². The van der Waals surface area contributed by atoms with Crippen molar-refractivity contribution in [1.82, 2.24) is 0 Å². The van der Waals surface area contributed by atoms with Gasteiger partial charge >= 0.3 is 5.97 Å². The molecule has 0 amide bonds. The molecule has 0 fully saturated rings. The lowest BCUT2D eigenvalue weighted by molar-refractivity contribution is -0.139. The quantitative estimate of drug-likeness (QED) is 0.590. The zero-order valence-corrected chi connectivity index (χ0v) is 10.4. The smallest absolute Gasteiger partial charge is 0.321 e. The topological polar surface area (TPSA) is 60.4 Å². The van der Waals surface area contributed by atoms with E-state index in [1.54, 1.807) is 12.1 Å². The Kier molecular flexibility index (Phi) is 4.45. The monoisotopic (exact) mass is 254 g/mol. The van der Waals surface area contributed by atoms with Gasteiger partial charge in [-0.15, -0.1) is 0 Å². The molecule has 0 atom stereocenters. The first-order chi connectivity index (χ1) is 7.95. The standard InChI is InChI=1S/C12H14O4S/c1-3-8-16-12(13)9-17(14,15)11-6-4-10(2)5-7-11/h3-7H,1,8-9H2,2H3. The number of rotatable bonds is 5. The van der Waals surface area contributed by atoms with E-state index in [0.29, 0.717) is 0 Å². The van der Waals surface area contributed by atoms with Crippen molar-refractivity contribution in [3.63, 3.8) is 0 Å². The van der Waals surface area contributed by atoms with Crippen molar-refractivity contribution in [2.75, 3.05) is 12.4 Å². The van der Waals surface area contributed by atoms with Gasteiger partial charge in [0, 0.05) is 0 Å². The van der Waals surface area contributed by atoms with Crippen LogP contribution in [0.4, 0.5) is 0 Å². The van der Waals surface area contributed by atoms with Gasteiger partial charge in [0.25, 0.3) is 0 Å². The van der Waals surface area contributed by atoms with Gasteiger partial charge in [-0.1, -0.05) is 30.4 Å². The molecule has 92 valence electrons. The summed E-state index contributed by atoms with van der Waals surface area (Å²) in [6, 6.07) is 6.32. The average molecular weight is 254 g/mol. The Balaban J connectivity index is 2.78. The molecule has 0 aliphatic rings. The Hall–Kier alpha value is -1.62. The van der Waals surface area contributed by atoms with E-state index in [1.165, 1.54) is 18.2 Å². The summed E-state index contributed by atoms with van der Waals surface area (Å²) in [4.78, 5) is 11.3. The largest absolute Gasteiger partial charge is 0.461 e. The SMILES string of the molecule is C=CCOC(=O)CS(=O)(=O)c1ccc(C)cc1. The van der Waals surface area contributed by atoms with Crippen molar-refractivity contribution < 1.29 is 17.9 Å². The predicted molar refractivity (Wildman–Crippen MR) is 64.4 cm³/mol. The van der Waals surface area contributed by atoms with Gasteiger partial charge in [0.2, 0.25) is 0 Å². The second-order valence-corrected chi connectivity index (χ2v) is 5.53. The first-order valence-electron chi connectivity index (χ1n) is 5.01. The number of carbonyl (C=O) groups is 1. The van der Waals surface area contributed by atoms with Crippen LogP contribution >= 0.6 is 0 Å². The molecule has 0 unspecified atom stereocenters. The summed E-state index contributed by atoms with van der Waals surface area (Å²) in [6.07, 6.45) is 1.39. The highest BCUT2D eigenvalue weighted by Gasteiger charge is 2.19. The minimum Gasteiger partial charge on any atom is -0.461 e. The summed E-state index contributed by atoms with van der Waals surface area (Å²) in [5.74, 6) is -1.42. The summed E-state index contributed by atoms with van der Waals surface area (Å²) in [5.41, 5.74) is 0.957. The molecule has 0 N–H and O–H groups in total. The number of sulfone groups is 1. The van der Waals surface area contributed by atoms with Gasteiger partial charge in [-0.25, -0.2) is 8.42 Å². The Morgan fingerprint density at radius 3 is 2.47 bits per heavy atom. The summed E-state index contributed by atoms with van der Waals surface area (Å²) >= 11 is 0. The Morgan fingerprint density at radius 1 is 1.35 bits per heavy atom. The third-order valence-corrected chi connectivity index (χ3v) is 3.66. The highest BCUT2D eigenvalue weighted by atomic mass is 32.2. The molecule has 0 bridgehead atoms. The van der Waals surface area contributed by atoms with Crippen LogP contribution in [-0.4, -0.2) is 26.7 Å². The molecule has 0 heterocycles. The van der Waals surface area contributed by atoms with Crippen LogP contribution in [-0.2, 0) is 19.4 Å². The second kappa shape index (κ2) is 5.63. The lowest BCUT2D eigenvalue weighted by Gasteiger charge is -2.04. The molecule has 5 heteroatoms. The predicted octanol–water partition coefficient (Wildman–Crippen LogP) is 1.50. The Labute approximate surface area is 101 Å². The molecule has 0 aliphatic heterocycles.